The summed E-state index contributed by atoms with van der Waals surface area (Å²) in [5.74, 6) is 0.422. The van der Waals surface area contributed by atoms with Gasteiger partial charge in [0.2, 0.25) is 0 Å². The van der Waals surface area contributed by atoms with E-state index in [0.717, 1.165) is 13.1 Å². The maximum Gasteiger partial charge on any atom is 0.0407 e. The highest BCUT2D eigenvalue weighted by Crippen LogP contribution is 2.22. The van der Waals surface area contributed by atoms with Gasteiger partial charge in [0.15, 0.2) is 0 Å². The average molecular weight is 247 g/mol. The summed E-state index contributed by atoms with van der Waals surface area (Å²) < 4.78 is 0. The molecule has 1 heteroatoms. The van der Waals surface area contributed by atoms with Gasteiger partial charge in [0, 0.05) is 6.04 Å². The zero-order chi connectivity index (χ0) is 14.0. The second kappa shape index (κ2) is 9.90. The summed E-state index contributed by atoms with van der Waals surface area (Å²) in [4.78, 5) is 2.50. The first kappa shape index (κ1) is 16.9. The molecular weight excluding hydrogens is 218 g/mol. The third-order valence-electron chi connectivity index (χ3n) is 3.24. The third-order valence-corrected chi connectivity index (χ3v) is 3.24. The quantitative estimate of drug-likeness (QED) is 0.425. The summed E-state index contributed by atoms with van der Waals surface area (Å²) in [5.41, 5.74) is 1.27. The minimum Gasteiger partial charge on any atom is -0.296 e. The largest absolute Gasteiger partial charge is 0.296 e. The van der Waals surface area contributed by atoms with Crippen molar-refractivity contribution in [2.45, 2.75) is 40.2 Å². The van der Waals surface area contributed by atoms with Crippen molar-refractivity contribution in [1.82, 2.24) is 4.90 Å². The lowest BCUT2D eigenvalue weighted by Crippen LogP contribution is -2.40. The molecule has 0 aromatic carbocycles. The molecule has 0 N–H and O–H groups in total. The minimum atomic E-state index is 0.376. The molecule has 18 heavy (non-hydrogen) atoms. The number of hydrogen-bond donors (Lipinski definition) is 0. The first-order chi connectivity index (χ1) is 8.65. The van der Waals surface area contributed by atoms with E-state index in [2.05, 4.69) is 57.1 Å². The molecule has 0 spiro atoms. The van der Waals surface area contributed by atoms with E-state index in [1.807, 2.05) is 19.1 Å². The van der Waals surface area contributed by atoms with Crippen LogP contribution >= 0.6 is 0 Å². The summed E-state index contributed by atoms with van der Waals surface area (Å²) in [7, 11) is 0. The van der Waals surface area contributed by atoms with Crippen LogP contribution in [-0.4, -0.2) is 24.0 Å². The predicted octanol–water partition coefficient (Wildman–Crippen LogP) is 4.60. The molecule has 0 saturated carbocycles. The molecule has 0 aliphatic rings. The molecule has 0 fully saturated rings. The van der Waals surface area contributed by atoms with Gasteiger partial charge in [-0.1, -0.05) is 57.7 Å². The van der Waals surface area contributed by atoms with Gasteiger partial charge in [-0.15, -0.1) is 6.58 Å². The van der Waals surface area contributed by atoms with Crippen molar-refractivity contribution >= 4 is 0 Å². The normalized spacial score (nSPS) is 15.9. The number of likely N-dealkylation sites (N-methyl/N-ethyl adjacent to an activating group) is 1. The van der Waals surface area contributed by atoms with E-state index in [0.29, 0.717) is 12.0 Å². The van der Waals surface area contributed by atoms with Crippen LogP contribution in [0.3, 0.4) is 0 Å². The van der Waals surface area contributed by atoms with Crippen LogP contribution in [0.5, 0.6) is 0 Å². The van der Waals surface area contributed by atoms with Crippen LogP contribution in [0.15, 0.2) is 49.1 Å². The van der Waals surface area contributed by atoms with Crippen LogP contribution in [0, 0.1) is 5.92 Å². The van der Waals surface area contributed by atoms with Crippen molar-refractivity contribution in [3.05, 3.63) is 49.1 Å². The smallest absolute Gasteiger partial charge is 0.0407 e. The van der Waals surface area contributed by atoms with E-state index in [9.17, 15) is 0 Å². The molecule has 2 unspecified atom stereocenters. The van der Waals surface area contributed by atoms with Gasteiger partial charge in [0.1, 0.15) is 0 Å². The van der Waals surface area contributed by atoms with Crippen molar-refractivity contribution in [2.75, 3.05) is 13.1 Å². The molecule has 1 nitrogen and oxygen atoms in total. The van der Waals surface area contributed by atoms with Crippen LogP contribution in [-0.2, 0) is 0 Å². The standard InChI is InChI=1S/C17H29N/c1-7-12-13-16(10-4)17(15(6)9-3)18(11-5)14-8-2/h7,9-10,12-13,15,17H,3-4,8,11,14H2,1-2,5-6H3/b12-7-,16-13+. The monoisotopic (exact) mass is 247 g/mol. The molecule has 0 aromatic heterocycles. The molecule has 0 amide bonds. The maximum atomic E-state index is 3.97. The Hall–Kier alpha value is -1.08. The molecule has 0 radical (unpaired) electrons. The molecule has 102 valence electrons. The van der Waals surface area contributed by atoms with Crippen molar-refractivity contribution in [1.29, 1.82) is 0 Å². The van der Waals surface area contributed by atoms with Gasteiger partial charge in [-0.2, -0.15) is 0 Å². The summed E-state index contributed by atoms with van der Waals surface area (Å²) in [6, 6.07) is 0.376. The van der Waals surface area contributed by atoms with E-state index in [4.69, 9.17) is 0 Å². The summed E-state index contributed by atoms with van der Waals surface area (Å²) in [6.07, 6.45) is 11.5. The highest BCUT2D eigenvalue weighted by atomic mass is 15.1. The summed E-state index contributed by atoms with van der Waals surface area (Å²) in [5, 5.41) is 0. The van der Waals surface area contributed by atoms with Gasteiger partial charge in [-0.3, -0.25) is 4.90 Å². The number of nitrogens with zero attached hydrogens (tertiary/aromatic N) is 1. The van der Waals surface area contributed by atoms with Crippen LogP contribution in [0.25, 0.3) is 0 Å². The van der Waals surface area contributed by atoms with Crippen molar-refractivity contribution < 1.29 is 0 Å². The molecule has 0 saturated heterocycles. The van der Waals surface area contributed by atoms with Gasteiger partial charge in [-0.05, 0) is 37.9 Å². The van der Waals surface area contributed by atoms with Gasteiger partial charge >= 0.3 is 0 Å². The van der Waals surface area contributed by atoms with Crippen LogP contribution in [0.1, 0.15) is 34.1 Å². The predicted molar refractivity (Wildman–Crippen MR) is 83.8 cm³/mol. The Kier molecular flexibility index (Phi) is 9.31. The summed E-state index contributed by atoms with van der Waals surface area (Å²) >= 11 is 0. The third kappa shape index (κ3) is 5.05. The van der Waals surface area contributed by atoms with Crippen LogP contribution < -0.4 is 0 Å². The zero-order valence-electron chi connectivity index (χ0n) is 12.5. The molecule has 0 bridgehead atoms. The first-order valence-electron chi connectivity index (χ1n) is 6.98. The van der Waals surface area contributed by atoms with Gasteiger partial charge < -0.3 is 0 Å². The Balaban J connectivity index is 5.29. The van der Waals surface area contributed by atoms with Crippen molar-refractivity contribution in [2.24, 2.45) is 5.92 Å². The molecule has 2 atom stereocenters. The maximum absolute atomic E-state index is 3.97. The fourth-order valence-electron chi connectivity index (χ4n) is 2.25. The topological polar surface area (TPSA) is 3.24 Å². The number of rotatable bonds is 9. The lowest BCUT2D eigenvalue weighted by atomic mass is 9.92. The first-order valence-corrected chi connectivity index (χ1v) is 6.98. The van der Waals surface area contributed by atoms with E-state index in [-0.39, 0.29) is 0 Å². The van der Waals surface area contributed by atoms with Gasteiger partial charge in [0.25, 0.3) is 0 Å². The van der Waals surface area contributed by atoms with Crippen molar-refractivity contribution in [3.63, 3.8) is 0 Å². The number of hydrogen-bond acceptors (Lipinski definition) is 1. The highest BCUT2D eigenvalue weighted by molar-refractivity contribution is 5.29. The molecular formula is C17H29N. The van der Waals surface area contributed by atoms with Crippen molar-refractivity contribution in [3.8, 4) is 0 Å². The van der Waals surface area contributed by atoms with E-state index in [1.54, 1.807) is 0 Å². The van der Waals surface area contributed by atoms with Crippen LogP contribution in [0.2, 0.25) is 0 Å². The zero-order valence-corrected chi connectivity index (χ0v) is 12.5. The summed E-state index contributed by atoms with van der Waals surface area (Å²) in [6.45, 7) is 18.8. The second-order valence-electron chi connectivity index (χ2n) is 4.56. The SMILES string of the molecule is C=C/C(=C\C=C/C)C(C(C)C=C)N(CC)CCC. The highest BCUT2D eigenvalue weighted by Gasteiger charge is 2.23. The Morgan fingerprint density at radius 1 is 1.28 bits per heavy atom. The fraction of sp³-hybridized carbons (Fsp3) is 0.529. The van der Waals surface area contributed by atoms with Gasteiger partial charge in [-0.25, -0.2) is 0 Å². The molecule has 0 heterocycles. The molecule has 0 aliphatic carbocycles. The lowest BCUT2D eigenvalue weighted by Gasteiger charge is -2.34. The Labute approximate surface area is 114 Å². The lowest BCUT2D eigenvalue weighted by molar-refractivity contribution is 0.204. The molecule has 0 rings (SSSR count). The van der Waals surface area contributed by atoms with E-state index in [1.165, 1.54) is 12.0 Å². The van der Waals surface area contributed by atoms with E-state index >= 15 is 0 Å². The second-order valence-corrected chi connectivity index (χ2v) is 4.56. The van der Waals surface area contributed by atoms with Gasteiger partial charge in [0.05, 0.1) is 0 Å². The minimum absolute atomic E-state index is 0.376. The van der Waals surface area contributed by atoms with Crippen LogP contribution in [0.4, 0.5) is 0 Å². The Morgan fingerprint density at radius 2 is 1.94 bits per heavy atom. The average Bonchev–Trinajstić information content (AvgIpc) is 2.40. The number of allylic oxidation sites excluding steroid dienone is 3. The Morgan fingerprint density at radius 3 is 2.33 bits per heavy atom. The molecule has 0 aliphatic heterocycles. The van der Waals surface area contributed by atoms with E-state index < -0.39 is 0 Å². The molecule has 0 aromatic rings. The fourth-order valence-corrected chi connectivity index (χ4v) is 2.25. The Bertz CT molecular complexity index is 299.